The molecule has 0 saturated carbocycles. The number of anilines is 1. The van der Waals surface area contributed by atoms with Gasteiger partial charge in [0.25, 0.3) is 0 Å². The van der Waals surface area contributed by atoms with E-state index in [0.29, 0.717) is 18.8 Å². The van der Waals surface area contributed by atoms with E-state index in [1.165, 1.54) is 12.1 Å². The highest BCUT2D eigenvalue weighted by molar-refractivity contribution is 5.54. The van der Waals surface area contributed by atoms with Gasteiger partial charge in [-0.3, -0.25) is 0 Å². The largest absolute Gasteiger partial charge is 0.371 e. The third-order valence-electron chi connectivity index (χ3n) is 3.65. The summed E-state index contributed by atoms with van der Waals surface area (Å²) in [5.41, 5.74) is 7.63. The van der Waals surface area contributed by atoms with Crippen molar-refractivity contribution in [2.75, 3.05) is 18.0 Å². The fraction of sp³-hybridized carbons (Fsp3) is 0.538. The van der Waals surface area contributed by atoms with Gasteiger partial charge in [0.05, 0.1) is 12.2 Å². The lowest BCUT2D eigenvalue weighted by Crippen LogP contribution is -2.43. The fourth-order valence-electron chi connectivity index (χ4n) is 2.84. The molecule has 2 fully saturated rings. The number of ether oxygens (including phenoxy) is 1. The van der Waals surface area contributed by atoms with E-state index in [9.17, 15) is 4.39 Å². The van der Waals surface area contributed by atoms with Gasteiger partial charge in [-0.2, -0.15) is 0 Å². The lowest BCUT2D eigenvalue weighted by molar-refractivity contribution is 0.0304. The molecule has 3 nitrogen and oxygen atoms in total. The quantitative estimate of drug-likeness (QED) is 0.848. The molecule has 4 heteroatoms. The molecule has 2 atom stereocenters. The highest BCUT2D eigenvalue weighted by Crippen LogP contribution is 2.31. The first kappa shape index (κ1) is 11.0. The van der Waals surface area contributed by atoms with Gasteiger partial charge in [0.2, 0.25) is 0 Å². The Morgan fingerprint density at radius 3 is 2.65 bits per heavy atom. The Morgan fingerprint density at radius 2 is 2.00 bits per heavy atom. The zero-order valence-electron chi connectivity index (χ0n) is 9.73. The van der Waals surface area contributed by atoms with Gasteiger partial charge in [0, 0.05) is 25.3 Å². The average Bonchev–Trinajstić information content (AvgIpc) is 2.68. The monoisotopic (exact) mass is 236 g/mol. The van der Waals surface area contributed by atoms with Crippen molar-refractivity contribution in [1.29, 1.82) is 0 Å². The number of hydrogen-bond acceptors (Lipinski definition) is 3. The van der Waals surface area contributed by atoms with E-state index in [0.717, 1.165) is 37.2 Å². The third kappa shape index (κ3) is 2.03. The normalized spacial score (nSPS) is 27.5. The van der Waals surface area contributed by atoms with Crippen molar-refractivity contribution in [3.8, 4) is 0 Å². The summed E-state index contributed by atoms with van der Waals surface area (Å²) >= 11 is 0. The fourth-order valence-corrected chi connectivity index (χ4v) is 2.84. The van der Waals surface area contributed by atoms with Crippen molar-refractivity contribution in [2.24, 2.45) is 5.73 Å². The molecule has 0 amide bonds. The van der Waals surface area contributed by atoms with Gasteiger partial charge in [0.15, 0.2) is 0 Å². The first-order chi connectivity index (χ1) is 8.26. The second kappa shape index (κ2) is 4.27. The lowest BCUT2D eigenvalue weighted by atomic mass is 10.1. The maximum atomic E-state index is 13.2. The van der Waals surface area contributed by atoms with E-state index in [1.807, 2.05) is 6.07 Å². The van der Waals surface area contributed by atoms with Crippen molar-refractivity contribution in [2.45, 2.75) is 31.6 Å². The van der Waals surface area contributed by atoms with Crippen molar-refractivity contribution in [3.05, 3.63) is 29.6 Å². The molecule has 1 aromatic carbocycles. The van der Waals surface area contributed by atoms with Crippen molar-refractivity contribution in [1.82, 2.24) is 0 Å². The second-order valence-electron chi connectivity index (χ2n) is 4.84. The summed E-state index contributed by atoms with van der Waals surface area (Å²) < 4.78 is 19.0. The van der Waals surface area contributed by atoms with E-state index in [2.05, 4.69) is 4.90 Å². The first-order valence-corrected chi connectivity index (χ1v) is 6.15. The highest BCUT2D eigenvalue weighted by atomic mass is 19.1. The number of halogens is 1. The Bertz CT molecular complexity index is 412. The maximum Gasteiger partial charge on any atom is 0.123 e. The van der Waals surface area contributed by atoms with E-state index < -0.39 is 0 Å². The van der Waals surface area contributed by atoms with E-state index in [4.69, 9.17) is 10.5 Å². The van der Waals surface area contributed by atoms with Gasteiger partial charge >= 0.3 is 0 Å². The molecule has 0 radical (unpaired) electrons. The molecule has 2 heterocycles. The Hall–Kier alpha value is -1.13. The maximum absolute atomic E-state index is 13.2. The van der Waals surface area contributed by atoms with Crippen LogP contribution in [0, 0.1) is 5.82 Å². The molecule has 2 unspecified atom stereocenters. The molecule has 92 valence electrons. The Balaban J connectivity index is 1.88. The van der Waals surface area contributed by atoms with Gasteiger partial charge in [0.1, 0.15) is 5.82 Å². The molecule has 0 aliphatic carbocycles. The minimum Gasteiger partial charge on any atom is -0.371 e. The number of nitrogens with zero attached hydrogens (tertiary/aromatic N) is 1. The molecule has 0 spiro atoms. The summed E-state index contributed by atoms with van der Waals surface area (Å²) in [6.45, 7) is 2.17. The van der Waals surface area contributed by atoms with Gasteiger partial charge in [-0.05, 0) is 36.6 Å². The van der Waals surface area contributed by atoms with Crippen LogP contribution in [-0.4, -0.2) is 25.3 Å². The lowest BCUT2D eigenvalue weighted by Gasteiger charge is -2.35. The van der Waals surface area contributed by atoms with Crippen molar-refractivity contribution < 1.29 is 9.13 Å². The molecule has 2 saturated heterocycles. The molecular formula is C13H17FN2O. The van der Waals surface area contributed by atoms with Gasteiger partial charge < -0.3 is 15.4 Å². The molecule has 2 aliphatic rings. The topological polar surface area (TPSA) is 38.5 Å². The predicted octanol–water partition coefficient (Wildman–Crippen LogP) is 1.65. The van der Waals surface area contributed by atoms with E-state index in [1.54, 1.807) is 0 Å². The Morgan fingerprint density at radius 1 is 1.29 bits per heavy atom. The number of fused-ring (bicyclic) bond motifs is 2. The molecule has 17 heavy (non-hydrogen) atoms. The van der Waals surface area contributed by atoms with Crippen LogP contribution in [0.15, 0.2) is 18.2 Å². The molecule has 2 bridgehead atoms. The SMILES string of the molecule is NCc1cc(F)ccc1N1CC2CCC(C1)O2. The highest BCUT2D eigenvalue weighted by Gasteiger charge is 2.34. The molecule has 2 N–H and O–H groups in total. The van der Waals surface area contributed by atoms with Gasteiger partial charge in [-0.1, -0.05) is 0 Å². The Kier molecular flexibility index (Phi) is 2.76. The third-order valence-corrected chi connectivity index (χ3v) is 3.65. The van der Waals surface area contributed by atoms with Gasteiger partial charge in [-0.25, -0.2) is 4.39 Å². The number of morpholine rings is 1. The van der Waals surface area contributed by atoms with Crippen LogP contribution >= 0.6 is 0 Å². The molecular weight excluding hydrogens is 219 g/mol. The zero-order chi connectivity index (χ0) is 11.8. The zero-order valence-corrected chi connectivity index (χ0v) is 9.73. The molecule has 2 aliphatic heterocycles. The minimum atomic E-state index is -0.217. The molecule has 0 aromatic heterocycles. The van der Waals surface area contributed by atoms with Gasteiger partial charge in [-0.15, -0.1) is 0 Å². The van der Waals surface area contributed by atoms with Crippen molar-refractivity contribution >= 4 is 5.69 Å². The van der Waals surface area contributed by atoms with Crippen molar-refractivity contribution in [3.63, 3.8) is 0 Å². The molecule has 1 aromatic rings. The van der Waals surface area contributed by atoms with Crippen LogP contribution in [0.25, 0.3) is 0 Å². The van der Waals surface area contributed by atoms with Crippen LogP contribution in [0.3, 0.4) is 0 Å². The summed E-state index contributed by atoms with van der Waals surface area (Å²) in [6, 6.07) is 4.88. The van der Waals surface area contributed by atoms with E-state index in [-0.39, 0.29) is 5.82 Å². The van der Waals surface area contributed by atoms with Crippen LogP contribution < -0.4 is 10.6 Å². The summed E-state index contributed by atoms with van der Waals surface area (Å²) in [6.07, 6.45) is 2.95. The van der Waals surface area contributed by atoms with Crippen LogP contribution in [0.4, 0.5) is 10.1 Å². The summed E-state index contributed by atoms with van der Waals surface area (Å²) in [4.78, 5) is 2.29. The molecule has 3 rings (SSSR count). The summed E-state index contributed by atoms with van der Waals surface area (Å²) in [5, 5.41) is 0. The summed E-state index contributed by atoms with van der Waals surface area (Å²) in [5.74, 6) is -0.217. The number of hydrogen-bond donors (Lipinski definition) is 1. The number of benzene rings is 1. The average molecular weight is 236 g/mol. The second-order valence-corrected chi connectivity index (χ2v) is 4.84. The standard InChI is InChI=1S/C13H17FN2O/c14-10-1-4-13(9(5-10)6-15)16-7-11-2-3-12(8-16)17-11/h1,4-5,11-12H,2-3,6-8,15H2. The Labute approximate surface area is 100 Å². The predicted molar refractivity (Wildman–Crippen MR) is 64.4 cm³/mol. The number of nitrogens with two attached hydrogens (primary N) is 1. The van der Waals surface area contributed by atoms with E-state index >= 15 is 0 Å². The van der Waals surface area contributed by atoms with Crippen LogP contribution in [0.2, 0.25) is 0 Å². The van der Waals surface area contributed by atoms with Crippen LogP contribution in [0.5, 0.6) is 0 Å². The smallest absolute Gasteiger partial charge is 0.123 e. The van der Waals surface area contributed by atoms with Crippen LogP contribution in [-0.2, 0) is 11.3 Å². The first-order valence-electron chi connectivity index (χ1n) is 6.15. The minimum absolute atomic E-state index is 0.217. The summed E-state index contributed by atoms with van der Waals surface area (Å²) in [7, 11) is 0. The van der Waals surface area contributed by atoms with Crippen LogP contribution in [0.1, 0.15) is 18.4 Å². The number of rotatable bonds is 2.